The van der Waals surface area contributed by atoms with Crippen LogP contribution in [0.2, 0.25) is 0 Å². The SMILES string of the molecule is CCc1ccc(Oc2nc3ccccc3s2)cc1C1=C(O)C2[C@H]3CC[C@H](C3)[C@H]2C1=O. The number of rotatable bonds is 4. The summed E-state index contributed by atoms with van der Waals surface area (Å²) in [7, 11) is 0. The van der Waals surface area contributed by atoms with Crippen LogP contribution in [0.4, 0.5) is 0 Å². The third kappa shape index (κ3) is 2.58. The zero-order chi connectivity index (χ0) is 20.4. The molecule has 1 unspecified atom stereocenters. The molecule has 0 amide bonds. The number of aryl methyl sites for hydroxylation is 1. The first-order valence-corrected chi connectivity index (χ1v) is 11.6. The smallest absolute Gasteiger partial charge is 0.279 e. The van der Waals surface area contributed by atoms with Crippen LogP contribution in [0.3, 0.4) is 0 Å². The lowest BCUT2D eigenvalue weighted by atomic mass is 9.80. The van der Waals surface area contributed by atoms with E-state index in [9.17, 15) is 9.90 Å². The second kappa shape index (κ2) is 6.67. The molecule has 0 spiro atoms. The van der Waals surface area contributed by atoms with Crippen LogP contribution in [0, 0.1) is 23.7 Å². The molecule has 1 heterocycles. The lowest BCUT2D eigenvalue weighted by molar-refractivity contribution is -0.118. The summed E-state index contributed by atoms with van der Waals surface area (Å²) < 4.78 is 7.15. The van der Waals surface area contributed by atoms with E-state index >= 15 is 0 Å². The fourth-order valence-corrected chi connectivity index (χ4v) is 6.78. The fourth-order valence-electron chi connectivity index (χ4n) is 5.95. The molecule has 2 aromatic carbocycles. The Morgan fingerprint density at radius 1 is 1.13 bits per heavy atom. The van der Waals surface area contributed by atoms with E-state index in [4.69, 9.17) is 4.74 Å². The Bertz CT molecular complexity index is 1180. The van der Waals surface area contributed by atoms with Gasteiger partial charge in [-0.1, -0.05) is 36.5 Å². The number of nitrogens with zero attached hydrogens (tertiary/aromatic N) is 1. The van der Waals surface area contributed by atoms with Gasteiger partial charge in [0.05, 0.1) is 15.8 Å². The average molecular weight is 418 g/mol. The van der Waals surface area contributed by atoms with E-state index in [0.29, 0.717) is 34.1 Å². The van der Waals surface area contributed by atoms with E-state index in [1.54, 1.807) is 0 Å². The minimum absolute atomic E-state index is 0.0164. The van der Waals surface area contributed by atoms with Crippen LogP contribution in [0.25, 0.3) is 15.8 Å². The Hall–Kier alpha value is -2.66. The minimum atomic E-state index is -0.0164. The second-order valence-corrected chi connectivity index (χ2v) is 9.72. The van der Waals surface area contributed by atoms with Crippen LogP contribution < -0.4 is 4.74 Å². The molecule has 3 aliphatic rings. The first-order valence-electron chi connectivity index (χ1n) is 10.8. The maximum atomic E-state index is 13.4. The highest BCUT2D eigenvalue weighted by Crippen LogP contribution is 2.60. The van der Waals surface area contributed by atoms with Gasteiger partial charge < -0.3 is 9.84 Å². The van der Waals surface area contributed by atoms with E-state index in [1.165, 1.54) is 11.3 Å². The van der Waals surface area contributed by atoms with Crippen LogP contribution in [-0.2, 0) is 11.2 Å². The summed E-state index contributed by atoms with van der Waals surface area (Å²) in [5, 5.41) is 11.7. The lowest BCUT2D eigenvalue weighted by Crippen LogP contribution is -2.24. The second-order valence-electron chi connectivity index (χ2n) is 8.73. The molecule has 3 aromatic rings. The van der Waals surface area contributed by atoms with Crippen molar-refractivity contribution < 1.29 is 14.6 Å². The van der Waals surface area contributed by atoms with Crippen molar-refractivity contribution in [3.63, 3.8) is 0 Å². The van der Waals surface area contributed by atoms with Gasteiger partial charge in [0, 0.05) is 11.8 Å². The van der Waals surface area contributed by atoms with Gasteiger partial charge in [0.2, 0.25) is 0 Å². The highest BCUT2D eigenvalue weighted by molar-refractivity contribution is 7.20. The van der Waals surface area contributed by atoms with Gasteiger partial charge >= 0.3 is 0 Å². The molecule has 152 valence electrons. The molecule has 0 saturated heterocycles. The first-order chi connectivity index (χ1) is 14.6. The molecule has 1 N–H and O–H groups in total. The molecule has 3 aliphatic carbocycles. The van der Waals surface area contributed by atoms with E-state index in [-0.39, 0.29) is 17.6 Å². The number of aliphatic hydroxyl groups excluding tert-OH is 1. The number of carbonyl (C=O) groups excluding carboxylic acids is 1. The van der Waals surface area contributed by atoms with Crippen molar-refractivity contribution in [1.29, 1.82) is 0 Å². The van der Waals surface area contributed by atoms with E-state index < -0.39 is 0 Å². The Morgan fingerprint density at radius 3 is 2.70 bits per heavy atom. The third-order valence-electron chi connectivity index (χ3n) is 7.25. The summed E-state index contributed by atoms with van der Waals surface area (Å²) in [6, 6.07) is 13.8. The monoisotopic (exact) mass is 417 g/mol. The summed E-state index contributed by atoms with van der Waals surface area (Å²) in [5.41, 5.74) is 3.34. The summed E-state index contributed by atoms with van der Waals surface area (Å²) in [6.45, 7) is 2.08. The van der Waals surface area contributed by atoms with Crippen molar-refractivity contribution in [3.05, 3.63) is 59.4 Å². The van der Waals surface area contributed by atoms with E-state index in [1.807, 2.05) is 42.5 Å². The van der Waals surface area contributed by atoms with Crippen molar-refractivity contribution in [3.8, 4) is 10.9 Å². The third-order valence-corrected chi connectivity index (χ3v) is 8.16. The zero-order valence-electron chi connectivity index (χ0n) is 16.8. The van der Waals surface area contributed by atoms with Crippen LogP contribution in [0.5, 0.6) is 10.9 Å². The number of Topliss-reactive ketones (excluding diaryl/α,β-unsaturated/α-hetero) is 1. The maximum absolute atomic E-state index is 13.4. The lowest BCUT2D eigenvalue weighted by Gasteiger charge is -2.23. The van der Waals surface area contributed by atoms with Crippen LogP contribution in [-0.4, -0.2) is 15.9 Å². The average Bonchev–Trinajstić information content (AvgIpc) is 3.51. The normalized spacial score (nSPS) is 27.3. The molecule has 0 radical (unpaired) electrons. The van der Waals surface area contributed by atoms with Crippen LogP contribution in [0.1, 0.15) is 37.3 Å². The molecule has 2 fully saturated rings. The highest BCUT2D eigenvalue weighted by Gasteiger charge is 2.57. The largest absolute Gasteiger partial charge is 0.511 e. The van der Waals surface area contributed by atoms with Gasteiger partial charge in [-0.05, 0) is 72.9 Å². The van der Waals surface area contributed by atoms with Crippen molar-refractivity contribution in [2.75, 3.05) is 0 Å². The fraction of sp³-hybridized carbons (Fsp3) is 0.360. The summed E-state index contributed by atoms with van der Waals surface area (Å²) in [4.78, 5) is 17.9. The Balaban J connectivity index is 1.39. The number of hydrogen-bond acceptors (Lipinski definition) is 5. The number of aliphatic hydroxyl groups is 1. The molecule has 2 bridgehead atoms. The van der Waals surface area contributed by atoms with Crippen molar-refractivity contribution >= 4 is 32.9 Å². The number of ether oxygens (including phenoxy) is 1. The molecule has 6 rings (SSSR count). The molecule has 4 atom stereocenters. The first kappa shape index (κ1) is 18.1. The predicted octanol–water partition coefficient (Wildman–Crippen LogP) is 6.17. The molecular weight excluding hydrogens is 394 g/mol. The molecular formula is C25H23NO3S. The van der Waals surface area contributed by atoms with Gasteiger partial charge in [0.1, 0.15) is 11.5 Å². The predicted molar refractivity (Wildman–Crippen MR) is 118 cm³/mol. The van der Waals surface area contributed by atoms with Crippen molar-refractivity contribution in [1.82, 2.24) is 4.98 Å². The Kier molecular flexibility index (Phi) is 4.03. The highest BCUT2D eigenvalue weighted by atomic mass is 32.1. The van der Waals surface area contributed by atoms with Crippen LogP contribution >= 0.6 is 11.3 Å². The topological polar surface area (TPSA) is 59.4 Å². The van der Waals surface area contributed by atoms with Gasteiger partial charge in [0.15, 0.2) is 5.78 Å². The number of allylic oxidation sites excluding steroid dienone is 2. The molecule has 4 nitrogen and oxygen atoms in total. The number of aromatic nitrogens is 1. The summed E-state index contributed by atoms with van der Waals surface area (Å²) >= 11 is 1.50. The van der Waals surface area contributed by atoms with Crippen molar-refractivity contribution in [2.24, 2.45) is 23.7 Å². The number of para-hydroxylation sites is 1. The number of hydrogen-bond donors (Lipinski definition) is 1. The Labute approximate surface area is 179 Å². The standard InChI is InChI=1S/C25H23NO3S/c1-2-13-9-10-16(29-25-26-18-5-3-4-6-19(18)30-25)12-17(13)22-23(27)20-14-7-8-15(11-14)21(20)24(22)28/h3-6,9-10,12,14-15,20-21,27H,2,7-8,11H2,1H3/t14-,15+,20?,21+/m0/s1. The molecule has 30 heavy (non-hydrogen) atoms. The van der Waals surface area contributed by atoms with Crippen LogP contribution in [0.15, 0.2) is 48.2 Å². The Morgan fingerprint density at radius 2 is 1.93 bits per heavy atom. The van der Waals surface area contributed by atoms with Gasteiger partial charge in [0.25, 0.3) is 5.19 Å². The number of fused-ring (bicyclic) bond motifs is 6. The number of carbonyl (C=O) groups is 1. The molecule has 5 heteroatoms. The quantitative estimate of drug-likeness (QED) is 0.552. The van der Waals surface area contributed by atoms with Gasteiger partial charge in [-0.25, -0.2) is 4.98 Å². The van der Waals surface area contributed by atoms with Crippen molar-refractivity contribution in [2.45, 2.75) is 32.6 Å². The van der Waals surface area contributed by atoms with Gasteiger partial charge in [-0.2, -0.15) is 0 Å². The zero-order valence-corrected chi connectivity index (χ0v) is 17.6. The minimum Gasteiger partial charge on any atom is -0.511 e. The van der Waals surface area contributed by atoms with Gasteiger partial charge in [-0.15, -0.1) is 0 Å². The van der Waals surface area contributed by atoms with E-state index in [2.05, 4.69) is 11.9 Å². The summed E-state index contributed by atoms with van der Waals surface area (Å²) in [6.07, 6.45) is 4.15. The maximum Gasteiger partial charge on any atom is 0.279 e. The number of thiazole rings is 1. The number of benzene rings is 2. The molecule has 1 aromatic heterocycles. The molecule has 2 saturated carbocycles. The number of ketones is 1. The molecule has 0 aliphatic heterocycles. The van der Waals surface area contributed by atoms with Gasteiger partial charge in [-0.3, -0.25) is 4.79 Å². The van der Waals surface area contributed by atoms with E-state index in [0.717, 1.165) is 47.0 Å². The summed E-state index contributed by atoms with van der Waals surface area (Å²) in [5.74, 6) is 2.03.